The summed E-state index contributed by atoms with van der Waals surface area (Å²) in [6.07, 6.45) is -2.62. The lowest BCUT2D eigenvalue weighted by Gasteiger charge is -2.32. The number of aliphatic hydroxyl groups excluding tert-OH is 1. The van der Waals surface area contributed by atoms with Gasteiger partial charge in [0, 0.05) is 25.8 Å². The summed E-state index contributed by atoms with van der Waals surface area (Å²) in [4.78, 5) is 24.2. The van der Waals surface area contributed by atoms with Gasteiger partial charge < -0.3 is 19.7 Å². The molecule has 196 valence electrons. The normalized spacial score (nSPS) is 22.2. The summed E-state index contributed by atoms with van der Waals surface area (Å²) in [6.45, 7) is 3.22. The molecule has 0 radical (unpaired) electrons. The number of halogens is 3. The van der Waals surface area contributed by atoms with Gasteiger partial charge in [0.25, 0.3) is 5.91 Å². The van der Waals surface area contributed by atoms with E-state index in [1.807, 2.05) is 6.92 Å². The fourth-order valence-electron chi connectivity index (χ4n) is 4.51. The smallest absolute Gasteiger partial charge is 0.414 e. The van der Waals surface area contributed by atoms with E-state index in [9.17, 15) is 27.6 Å². The molecule has 1 fully saturated rings. The van der Waals surface area contributed by atoms with Crippen LogP contribution in [0.4, 0.5) is 13.2 Å². The maximum absolute atomic E-state index is 12.9. The molecule has 1 saturated heterocycles. The molecule has 0 aromatic carbocycles. The van der Waals surface area contributed by atoms with E-state index in [0.29, 0.717) is 48.0 Å². The molecule has 2 aliphatic rings. The monoisotopic (exact) mass is 526 g/mol. The minimum Gasteiger partial charge on any atom is -0.611 e. The predicted octanol–water partition coefficient (Wildman–Crippen LogP) is 2.74. The summed E-state index contributed by atoms with van der Waals surface area (Å²) in [7, 11) is 0. The topological polar surface area (TPSA) is 111 Å². The van der Waals surface area contributed by atoms with Crippen molar-refractivity contribution in [1.82, 2.24) is 20.2 Å². The number of fused-ring (bicyclic) bond motifs is 1. The number of hydrogen-bond donors (Lipinski definition) is 2. The van der Waals surface area contributed by atoms with Crippen LogP contribution in [0.15, 0.2) is 35.5 Å². The molecule has 0 bridgehead atoms. The number of ether oxygens (including phenoxy) is 1. The zero-order valence-electron chi connectivity index (χ0n) is 19.8. The second-order valence-corrected chi connectivity index (χ2v) is 10.8. The number of nitrogens with one attached hydrogen (secondary N) is 1. The first kappa shape index (κ1) is 26.8. The third kappa shape index (κ3) is 6.35. The van der Waals surface area contributed by atoms with E-state index in [1.54, 1.807) is 18.2 Å². The molecule has 2 aliphatic heterocycles. The van der Waals surface area contributed by atoms with Gasteiger partial charge in [0.2, 0.25) is 0 Å². The maximum Gasteiger partial charge on any atom is 0.414 e. The second kappa shape index (κ2) is 11.4. The number of nitrogens with zero attached hydrogens (tertiary/aromatic N) is 3. The number of alkyl halides is 3. The van der Waals surface area contributed by atoms with E-state index in [0.717, 1.165) is 11.3 Å². The fourth-order valence-corrected chi connectivity index (χ4v) is 5.23. The summed E-state index contributed by atoms with van der Waals surface area (Å²) in [6, 6.07) is 4.32. The molecule has 36 heavy (non-hydrogen) atoms. The largest absolute Gasteiger partial charge is 0.611 e. The summed E-state index contributed by atoms with van der Waals surface area (Å²) >= 11 is -1.14. The van der Waals surface area contributed by atoms with Crippen molar-refractivity contribution in [3.63, 3.8) is 0 Å². The summed E-state index contributed by atoms with van der Waals surface area (Å²) in [5.74, 6) is 0.0704. The van der Waals surface area contributed by atoms with E-state index in [2.05, 4.69) is 20.2 Å². The Morgan fingerprint density at radius 1 is 1.31 bits per heavy atom. The Morgan fingerprint density at radius 2 is 2.11 bits per heavy atom. The average molecular weight is 527 g/mol. The molecule has 4 atom stereocenters. The lowest BCUT2D eigenvalue weighted by Crippen LogP contribution is -2.40. The van der Waals surface area contributed by atoms with Crippen LogP contribution in [0.2, 0.25) is 0 Å². The first-order valence-corrected chi connectivity index (χ1v) is 13.1. The molecular weight excluding hydrogens is 497 g/mol. The van der Waals surface area contributed by atoms with Crippen LogP contribution in [0.25, 0.3) is 0 Å². The number of hydrogen-bond acceptors (Lipinski definition) is 7. The van der Waals surface area contributed by atoms with Crippen molar-refractivity contribution in [2.75, 3.05) is 25.5 Å². The lowest BCUT2D eigenvalue weighted by molar-refractivity contribution is -0.236. The average Bonchev–Trinajstić information content (AvgIpc) is 3.28. The number of aliphatic hydroxyl groups is 1. The molecule has 8 nitrogen and oxygen atoms in total. The van der Waals surface area contributed by atoms with Crippen molar-refractivity contribution in [3.8, 4) is 0 Å². The van der Waals surface area contributed by atoms with Gasteiger partial charge in [0.05, 0.1) is 42.4 Å². The summed E-state index contributed by atoms with van der Waals surface area (Å²) in [5, 5.41) is 12.6. The number of pyridine rings is 2. The van der Waals surface area contributed by atoms with Gasteiger partial charge in [-0.1, -0.05) is 0 Å². The summed E-state index contributed by atoms with van der Waals surface area (Å²) < 4.78 is 55.4. The molecule has 12 heteroatoms. The van der Waals surface area contributed by atoms with E-state index in [-0.39, 0.29) is 25.6 Å². The number of rotatable bonds is 8. The highest BCUT2D eigenvalue weighted by atomic mass is 32.2. The molecule has 4 heterocycles. The van der Waals surface area contributed by atoms with Crippen LogP contribution in [0.3, 0.4) is 0 Å². The quantitative estimate of drug-likeness (QED) is 0.509. The zero-order chi connectivity index (χ0) is 25.9. The van der Waals surface area contributed by atoms with E-state index in [4.69, 9.17) is 4.74 Å². The van der Waals surface area contributed by atoms with Gasteiger partial charge in [-0.15, -0.1) is 0 Å². The third-order valence-corrected chi connectivity index (χ3v) is 7.76. The number of carbonyl (C=O) groups is 1. The highest BCUT2D eigenvalue weighted by Crippen LogP contribution is 2.33. The Morgan fingerprint density at radius 3 is 2.72 bits per heavy atom. The Balaban J connectivity index is 1.33. The van der Waals surface area contributed by atoms with Gasteiger partial charge >= 0.3 is 6.18 Å². The minimum atomic E-state index is -4.32. The first-order chi connectivity index (χ1) is 17.2. The van der Waals surface area contributed by atoms with Crippen molar-refractivity contribution < 1.29 is 32.4 Å². The van der Waals surface area contributed by atoms with Gasteiger partial charge in [-0.25, -0.2) is 0 Å². The highest BCUT2D eigenvalue weighted by Gasteiger charge is 2.43. The van der Waals surface area contributed by atoms with Crippen LogP contribution >= 0.6 is 0 Å². The van der Waals surface area contributed by atoms with Crippen LogP contribution < -0.4 is 5.32 Å². The van der Waals surface area contributed by atoms with Gasteiger partial charge in [-0.2, -0.15) is 13.2 Å². The van der Waals surface area contributed by atoms with Gasteiger partial charge in [-0.05, 0) is 60.6 Å². The van der Waals surface area contributed by atoms with Crippen LogP contribution in [-0.4, -0.2) is 68.2 Å². The van der Waals surface area contributed by atoms with E-state index >= 15 is 0 Å². The zero-order valence-corrected chi connectivity index (χ0v) is 20.6. The van der Waals surface area contributed by atoms with Crippen molar-refractivity contribution in [1.29, 1.82) is 0 Å². The van der Waals surface area contributed by atoms with Gasteiger partial charge in [-0.3, -0.25) is 19.7 Å². The first-order valence-electron chi connectivity index (χ1n) is 11.8. The number of carbonyl (C=O) groups excluding carboxylic acids is 1. The van der Waals surface area contributed by atoms with Crippen molar-refractivity contribution in [2.24, 2.45) is 5.92 Å². The maximum atomic E-state index is 12.9. The molecule has 2 N–H and O–H groups in total. The van der Waals surface area contributed by atoms with Crippen LogP contribution in [0.1, 0.15) is 53.1 Å². The van der Waals surface area contributed by atoms with Crippen LogP contribution in [-0.2, 0) is 29.0 Å². The van der Waals surface area contributed by atoms with E-state index in [1.165, 1.54) is 12.4 Å². The van der Waals surface area contributed by atoms with Crippen LogP contribution in [0.5, 0.6) is 0 Å². The molecule has 2 aromatic rings. The lowest BCUT2D eigenvalue weighted by atomic mass is 9.97. The molecule has 4 rings (SSSR count). The van der Waals surface area contributed by atoms with Crippen LogP contribution in [0, 0.1) is 5.92 Å². The fraction of sp³-hybridized carbons (Fsp3) is 0.542. The number of aromatic nitrogens is 2. The number of amides is 1. The molecule has 0 saturated carbocycles. The van der Waals surface area contributed by atoms with Crippen molar-refractivity contribution in [3.05, 3.63) is 53.1 Å². The minimum absolute atomic E-state index is 0.0136. The molecule has 0 spiro atoms. The van der Waals surface area contributed by atoms with E-state index < -0.39 is 35.4 Å². The molecule has 1 amide bonds. The molecular formula is C24H29F3N4O4S. The molecule has 3 unspecified atom stereocenters. The highest BCUT2D eigenvalue weighted by molar-refractivity contribution is 7.91. The second-order valence-electron chi connectivity index (χ2n) is 9.07. The summed E-state index contributed by atoms with van der Waals surface area (Å²) in [5.41, 5.74) is 2.51. The standard InChI is InChI=1S/C24H29F3N4O4S/c1-2-36(34)18-4-5-19(29-9-18)21(13-32)30-23(33)16-7-17-11-31(12-20(17)28-8-16)10-15-3-6-22(35-14-15)24(25,26)27/h4-5,7-9,15,21-22,32H,2-3,6,10-14H2,1H3,(H,30,33)/t15?,21?,22-,36?/m1/s1. The van der Waals surface area contributed by atoms with Crippen molar-refractivity contribution in [2.45, 2.75) is 56.1 Å². The third-order valence-electron chi connectivity index (χ3n) is 6.47. The molecule has 2 aromatic heterocycles. The van der Waals surface area contributed by atoms with Crippen molar-refractivity contribution >= 4 is 17.1 Å². The van der Waals surface area contributed by atoms with Gasteiger partial charge in [0.1, 0.15) is 5.75 Å². The Hall–Kier alpha value is -2.25. The predicted molar refractivity (Wildman–Crippen MR) is 125 cm³/mol. The Bertz CT molecular complexity index is 1050. The molecule has 0 aliphatic carbocycles. The van der Waals surface area contributed by atoms with Gasteiger partial charge in [0.15, 0.2) is 11.0 Å². The Labute approximate surface area is 210 Å². The SMILES string of the molecule is CC[S+]([O-])c1ccc(C(CO)NC(=O)c2cnc3c(c2)CN(CC2CC[C@H](C(F)(F)F)OC2)C3)nc1. The Kier molecular flexibility index (Phi) is 8.51.